The largest absolute Gasteiger partial charge is 0.364 e. The highest BCUT2D eigenvalue weighted by Gasteiger charge is 2.68. The van der Waals surface area contributed by atoms with Gasteiger partial charge >= 0.3 is 6.03 Å². The molecule has 0 aromatic heterocycles. The lowest BCUT2D eigenvalue weighted by Crippen LogP contribution is -2.60. The molecule has 310 valence electrons. The fourth-order valence-electron chi connectivity index (χ4n) is 9.07. The van der Waals surface area contributed by atoms with Crippen molar-refractivity contribution in [1.29, 1.82) is 0 Å². The lowest BCUT2D eigenvalue weighted by molar-refractivity contribution is -0.153. The number of hydrogen-bond donors (Lipinski definition) is 4. The summed E-state index contributed by atoms with van der Waals surface area (Å²) in [5.74, 6) is -1.72. The second kappa shape index (κ2) is 17.9. The van der Waals surface area contributed by atoms with Crippen LogP contribution >= 0.6 is 0 Å². The summed E-state index contributed by atoms with van der Waals surface area (Å²) in [5.41, 5.74) is -1.09. The smallest absolute Gasteiger partial charge is 0.315 e. The Kier molecular flexibility index (Phi) is 14.4. The van der Waals surface area contributed by atoms with E-state index in [-0.39, 0.29) is 91.2 Å². The van der Waals surface area contributed by atoms with Gasteiger partial charge in [0.25, 0.3) is 5.91 Å². The molecule has 6 atom stereocenters. The second-order valence-corrected chi connectivity index (χ2v) is 19.5. The Labute approximate surface area is 329 Å². The number of nitrogens with one attached hydrogen (secondary N) is 4. The Balaban J connectivity index is 1.44. The van der Waals surface area contributed by atoms with Crippen LogP contribution in [0.25, 0.3) is 0 Å². The fourth-order valence-corrected chi connectivity index (χ4v) is 9.07. The van der Waals surface area contributed by atoms with Crippen molar-refractivity contribution in [3.8, 4) is 0 Å². The molecule has 2 heterocycles. The minimum Gasteiger partial charge on any atom is -0.364 e. The molecule has 3 unspecified atom stereocenters. The number of nitrogens with zero attached hydrogens (tertiary/aromatic N) is 2. The third-order valence-electron chi connectivity index (χ3n) is 12.9. The molecule has 4 aliphatic rings. The minimum atomic E-state index is -0.922. The zero-order valence-electron chi connectivity index (χ0n) is 35.1. The zero-order valence-corrected chi connectivity index (χ0v) is 35.1. The van der Waals surface area contributed by atoms with Crippen LogP contribution in [0.5, 0.6) is 0 Å². The molecule has 2 saturated carbocycles. The molecule has 13 heteroatoms. The van der Waals surface area contributed by atoms with E-state index < -0.39 is 35.2 Å². The van der Waals surface area contributed by atoms with E-state index in [2.05, 4.69) is 48.6 Å². The molecule has 0 spiro atoms. The maximum atomic E-state index is 14.0. The number of rotatable bonds is 18. The molecule has 2 aliphatic carbocycles. The van der Waals surface area contributed by atoms with E-state index in [9.17, 15) is 28.8 Å². The summed E-state index contributed by atoms with van der Waals surface area (Å²) >= 11 is 0. The molecule has 0 aromatic carbocycles. The van der Waals surface area contributed by atoms with Gasteiger partial charge in [0.1, 0.15) is 0 Å². The molecule has 0 radical (unpaired) electrons. The van der Waals surface area contributed by atoms with Crippen molar-refractivity contribution in [3.63, 3.8) is 0 Å². The van der Waals surface area contributed by atoms with E-state index in [0.29, 0.717) is 25.3 Å². The second-order valence-electron chi connectivity index (χ2n) is 19.5. The molecule has 4 rings (SSSR count). The van der Waals surface area contributed by atoms with Gasteiger partial charge in [0.15, 0.2) is 0 Å². The first-order valence-corrected chi connectivity index (χ1v) is 20.6. The predicted octanol–water partition coefficient (Wildman–Crippen LogP) is 4.69. The third-order valence-corrected chi connectivity index (χ3v) is 12.9. The van der Waals surface area contributed by atoms with Gasteiger partial charge in [0.05, 0.1) is 37.5 Å². The van der Waals surface area contributed by atoms with Crippen LogP contribution in [0.15, 0.2) is 12.7 Å². The molecular formula is C42H70N6O7. The van der Waals surface area contributed by atoms with Gasteiger partial charge in [-0.1, -0.05) is 100 Å². The number of likely N-dealkylation sites (tertiary alicyclic amines) is 2. The van der Waals surface area contributed by atoms with Gasteiger partial charge in [0, 0.05) is 32.5 Å². The topological polar surface area (TPSA) is 166 Å². The predicted molar refractivity (Wildman–Crippen MR) is 211 cm³/mol. The number of carbonyl (C=O) groups excluding carboxylic acids is 6. The van der Waals surface area contributed by atoms with Crippen molar-refractivity contribution < 1.29 is 33.5 Å². The highest BCUT2D eigenvalue weighted by molar-refractivity contribution is 6.38. The average Bonchev–Trinajstić information content (AvgIpc) is 3.39. The molecule has 55 heavy (non-hydrogen) atoms. The Hall–Kier alpha value is -3.32. The van der Waals surface area contributed by atoms with Crippen LogP contribution in [0.3, 0.4) is 0 Å². The van der Waals surface area contributed by atoms with Gasteiger partial charge in [-0.15, -0.1) is 6.58 Å². The van der Waals surface area contributed by atoms with Crippen molar-refractivity contribution in [2.75, 3.05) is 33.0 Å². The highest BCUT2D eigenvalue weighted by Crippen LogP contribution is 2.64. The third kappa shape index (κ3) is 11.0. The van der Waals surface area contributed by atoms with Crippen LogP contribution in [0.4, 0.5) is 4.79 Å². The minimum absolute atomic E-state index is 0.0380. The number of ketones is 1. The van der Waals surface area contributed by atoms with E-state index >= 15 is 0 Å². The van der Waals surface area contributed by atoms with E-state index in [1.54, 1.807) is 0 Å². The van der Waals surface area contributed by atoms with E-state index in [1.807, 2.05) is 46.4 Å². The van der Waals surface area contributed by atoms with E-state index in [1.165, 1.54) is 11.0 Å². The van der Waals surface area contributed by atoms with Crippen LogP contribution in [-0.4, -0.2) is 102 Å². The Morgan fingerprint density at radius 2 is 1.60 bits per heavy atom. The number of imide groups is 1. The Morgan fingerprint density at radius 3 is 2.18 bits per heavy atom. The highest BCUT2D eigenvalue weighted by atomic mass is 16.5. The number of fused-ring (bicyclic) bond motifs is 1. The SMILES string of the molecule is C=CCNC(=O)C(=O)C(CCCC)NC(=O)[C@@H]1C2C(CN1COC[C@@H](NC(=O)N[C@H](CN1C(=O)CC(C)(C)CC1=O)C(C)(C)C)C1(C)CCCCC1)C2(C)C. The maximum absolute atomic E-state index is 14.0. The number of ether oxygens (including phenoxy) is 1. The van der Waals surface area contributed by atoms with Crippen LogP contribution in [0.2, 0.25) is 0 Å². The van der Waals surface area contributed by atoms with Gasteiger partial charge in [0.2, 0.25) is 23.5 Å². The Morgan fingerprint density at radius 1 is 0.964 bits per heavy atom. The first kappa shape index (κ1) is 44.4. The number of urea groups is 1. The van der Waals surface area contributed by atoms with Gasteiger partial charge in [-0.05, 0) is 52.8 Å². The van der Waals surface area contributed by atoms with Gasteiger partial charge in [-0.3, -0.25) is 33.8 Å². The first-order chi connectivity index (χ1) is 25.6. The van der Waals surface area contributed by atoms with Gasteiger partial charge in [-0.25, -0.2) is 4.79 Å². The first-order valence-electron chi connectivity index (χ1n) is 20.6. The Bertz CT molecular complexity index is 1430. The zero-order chi connectivity index (χ0) is 40.9. The summed E-state index contributed by atoms with van der Waals surface area (Å²) in [7, 11) is 0. The summed E-state index contributed by atoms with van der Waals surface area (Å²) in [6.07, 6.45) is 9.02. The quantitative estimate of drug-likeness (QED) is 0.0886. The number of hydrogen-bond acceptors (Lipinski definition) is 8. The summed E-state index contributed by atoms with van der Waals surface area (Å²) < 4.78 is 6.42. The van der Waals surface area contributed by atoms with Gasteiger partial charge in [-0.2, -0.15) is 0 Å². The standard InChI is InChI=1S/C42H70N6O7/c1-11-13-17-28(35(51)37(53)43-20-12-2)44-36(52)34-33-27(41(33,8)9)23-47(34)26-55-25-30(42(10)18-15-14-16-19-42)46-38(54)45-29(39(3,4)5)24-48-31(49)21-40(6,7)22-32(48)50/h12,27-30,33-34H,2,11,13-26H2,1,3-10H3,(H,43,53)(H,44,52)(H2,45,46,54)/t27?,28?,29-,30-,33?,34+/m1/s1. The molecular weight excluding hydrogens is 700 g/mol. The molecule has 4 N–H and O–H groups in total. The van der Waals surface area contributed by atoms with Crippen LogP contribution in [0, 0.1) is 33.5 Å². The molecule has 0 bridgehead atoms. The molecule has 2 aliphatic heterocycles. The number of Topliss-reactive ketones (excluding diaryl/α,β-unsaturated/α-hetero) is 1. The summed E-state index contributed by atoms with van der Waals surface area (Å²) in [6, 6.07) is -2.64. The number of carbonyl (C=O) groups is 6. The molecule has 2 saturated heterocycles. The van der Waals surface area contributed by atoms with E-state index in [0.717, 1.165) is 38.5 Å². The van der Waals surface area contributed by atoms with Crippen molar-refractivity contribution in [1.82, 2.24) is 31.1 Å². The number of piperidine rings is 2. The number of amides is 6. The van der Waals surface area contributed by atoms with Crippen molar-refractivity contribution >= 4 is 35.4 Å². The summed E-state index contributed by atoms with van der Waals surface area (Å²) in [6.45, 7) is 23.2. The monoisotopic (exact) mass is 771 g/mol. The van der Waals surface area contributed by atoms with Crippen LogP contribution in [-0.2, 0) is 28.7 Å². The molecule has 0 aromatic rings. The van der Waals surface area contributed by atoms with Crippen molar-refractivity contribution in [3.05, 3.63) is 12.7 Å². The van der Waals surface area contributed by atoms with Crippen molar-refractivity contribution in [2.45, 2.75) is 151 Å². The molecule has 13 nitrogen and oxygen atoms in total. The molecule has 4 fully saturated rings. The van der Waals surface area contributed by atoms with Crippen molar-refractivity contribution in [2.24, 2.45) is 33.5 Å². The normalized spacial score (nSPS) is 25.9. The lowest BCUT2D eigenvalue weighted by atomic mass is 9.70. The van der Waals surface area contributed by atoms with Crippen LogP contribution < -0.4 is 21.3 Å². The fraction of sp³-hybridized carbons (Fsp3) is 0.810. The van der Waals surface area contributed by atoms with Crippen LogP contribution in [0.1, 0.15) is 127 Å². The summed E-state index contributed by atoms with van der Waals surface area (Å²) in [4.78, 5) is 82.9. The maximum Gasteiger partial charge on any atom is 0.315 e. The van der Waals surface area contributed by atoms with E-state index in [4.69, 9.17) is 4.74 Å². The number of unbranched alkanes of at least 4 members (excludes halogenated alkanes) is 1. The molecule has 6 amide bonds. The average molecular weight is 771 g/mol. The summed E-state index contributed by atoms with van der Waals surface area (Å²) in [5, 5.41) is 11.8. The van der Waals surface area contributed by atoms with Gasteiger partial charge < -0.3 is 26.0 Å². The lowest BCUT2D eigenvalue weighted by Gasteiger charge is -2.42.